The van der Waals surface area contributed by atoms with Crippen molar-refractivity contribution >= 4 is 17.2 Å². The molecule has 2 rings (SSSR count). The summed E-state index contributed by atoms with van der Waals surface area (Å²) in [6, 6.07) is 0. The Bertz CT molecular complexity index is 390. The SMILES string of the molecule is CC(C)(CCCOC1CC2CCC1(C)C2(C)C)C(N)=S. The van der Waals surface area contributed by atoms with Crippen LogP contribution in [-0.4, -0.2) is 17.7 Å². The van der Waals surface area contributed by atoms with Crippen molar-refractivity contribution in [2.75, 3.05) is 6.61 Å². The molecule has 0 amide bonds. The van der Waals surface area contributed by atoms with E-state index in [2.05, 4.69) is 34.6 Å². The molecule has 0 aromatic heterocycles. The molecule has 2 fully saturated rings. The summed E-state index contributed by atoms with van der Waals surface area (Å²) in [7, 11) is 0. The highest BCUT2D eigenvalue weighted by Gasteiger charge is 2.61. The van der Waals surface area contributed by atoms with E-state index < -0.39 is 0 Å². The Morgan fingerprint density at radius 3 is 2.45 bits per heavy atom. The van der Waals surface area contributed by atoms with Crippen molar-refractivity contribution in [1.29, 1.82) is 0 Å². The number of hydrogen-bond acceptors (Lipinski definition) is 2. The van der Waals surface area contributed by atoms with Gasteiger partial charge in [0, 0.05) is 12.0 Å². The third-order valence-electron chi connectivity index (χ3n) is 6.65. The minimum absolute atomic E-state index is 0.0451. The summed E-state index contributed by atoms with van der Waals surface area (Å²) in [5.74, 6) is 0.852. The molecule has 0 spiro atoms. The third-order valence-corrected chi connectivity index (χ3v) is 7.20. The van der Waals surface area contributed by atoms with Crippen molar-refractivity contribution in [3.8, 4) is 0 Å². The van der Waals surface area contributed by atoms with E-state index in [4.69, 9.17) is 22.7 Å². The second kappa shape index (κ2) is 5.24. The predicted molar refractivity (Wildman–Crippen MR) is 88.8 cm³/mol. The van der Waals surface area contributed by atoms with E-state index in [0.29, 0.717) is 21.9 Å². The lowest BCUT2D eigenvalue weighted by Crippen LogP contribution is -2.37. The Balaban J connectivity index is 1.81. The van der Waals surface area contributed by atoms with Crippen LogP contribution in [0.5, 0.6) is 0 Å². The van der Waals surface area contributed by atoms with Gasteiger partial charge in [0.2, 0.25) is 0 Å². The summed E-state index contributed by atoms with van der Waals surface area (Å²) in [5, 5.41) is 0. The molecule has 0 heterocycles. The molecule has 2 aliphatic rings. The minimum Gasteiger partial charge on any atom is -0.393 e. The normalized spacial score (nSPS) is 35.5. The van der Waals surface area contributed by atoms with Gasteiger partial charge in [-0.15, -0.1) is 0 Å². The zero-order valence-electron chi connectivity index (χ0n) is 13.8. The van der Waals surface area contributed by atoms with Gasteiger partial charge in [0.15, 0.2) is 0 Å². The Labute approximate surface area is 129 Å². The van der Waals surface area contributed by atoms with E-state index in [1.807, 2.05) is 0 Å². The van der Waals surface area contributed by atoms with E-state index >= 15 is 0 Å². The molecule has 2 N–H and O–H groups in total. The van der Waals surface area contributed by atoms with Crippen molar-refractivity contribution in [2.24, 2.45) is 27.9 Å². The zero-order valence-corrected chi connectivity index (χ0v) is 14.6. The first kappa shape index (κ1) is 16.2. The largest absolute Gasteiger partial charge is 0.393 e. The van der Waals surface area contributed by atoms with Crippen LogP contribution >= 0.6 is 12.2 Å². The van der Waals surface area contributed by atoms with E-state index in [-0.39, 0.29) is 5.41 Å². The molecule has 116 valence electrons. The van der Waals surface area contributed by atoms with Crippen LogP contribution in [0.25, 0.3) is 0 Å². The maximum atomic E-state index is 6.27. The van der Waals surface area contributed by atoms with Crippen molar-refractivity contribution in [3.63, 3.8) is 0 Å². The van der Waals surface area contributed by atoms with Gasteiger partial charge in [0.1, 0.15) is 0 Å². The lowest BCUT2D eigenvalue weighted by molar-refractivity contribution is -0.0483. The number of nitrogens with two attached hydrogens (primary N) is 1. The van der Waals surface area contributed by atoms with Crippen molar-refractivity contribution in [1.82, 2.24) is 0 Å². The van der Waals surface area contributed by atoms with Gasteiger partial charge in [-0.05, 0) is 48.9 Å². The molecule has 2 aliphatic carbocycles. The fourth-order valence-corrected chi connectivity index (χ4v) is 4.35. The number of fused-ring (bicyclic) bond motifs is 2. The summed E-state index contributed by atoms with van der Waals surface area (Å²) in [6.07, 6.45) is 6.47. The summed E-state index contributed by atoms with van der Waals surface area (Å²) in [5.41, 5.74) is 6.54. The van der Waals surface area contributed by atoms with Crippen LogP contribution in [0.4, 0.5) is 0 Å². The average molecular weight is 298 g/mol. The Morgan fingerprint density at radius 2 is 2.00 bits per heavy atom. The van der Waals surface area contributed by atoms with Crippen LogP contribution in [0.15, 0.2) is 0 Å². The maximum Gasteiger partial charge on any atom is 0.0784 e. The molecule has 2 saturated carbocycles. The molecule has 3 unspecified atom stereocenters. The van der Waals surface area contributed by atoms with E-state index in [9.17, 15) is 0 Å². The summed E-state index contributed by atoms with van der Waals surface area (Å²) < 4.78 is 6.27. The quantitative estimate of drug-likeness (QED) is 0.586. The molecule has 2 nitrogen and oxygen atoms in total. The number of thiocarbonyl (C=S) groups is 1. The number of ether oxygens (including phenoxy) is 1. The van der Waals surface area contributed by atoms with Crippen molar-refractivity contribution in [2.45, 2.75) is 72.8 Å². The topological polar surface area (TPSA) is 35.2 Å². The molecule has 0 saturated heterocycles. The van der Waals surface area contributed by atoms with E-state index in [0.717, 1.165) is 25.4 Å². The van der Waals surface area contributed by atoms with Gasteiger partial charge in [-0.1, -0.05) is 46.8 Å². The monoisotopic (exact) mass is 297 g/mol. The molecule has 2 bridgehead atoms. The molecule has 3 atom stereocenters. The fraction of sp³-hybridized carbons (Fsp3) is 0.941. The van der Waals surface area contributed by atoms with E-state index in [1.165, 1.54) is 19.3 Å². The lowest BCUT2D eigenvalue weighted by atomic mass is 9.70. The standard InChI is InChI=1S/C17H31NOS/c1-15(2,14(18)20)8-6-10-19-13-11-12-7-9-17(13,5)16(12,3)4/h12-13H,6-11H2,1-5H3,(H2,18,20). The molecule has 3 heteroatoms. The molecule has 0 radical (unpaired) electrons. The van der Waals surface area contributed by atoms with Crippen LogP contribution in [0.3, 0.4) is 0 Å². The second-order valence-electron chi connectivity index (χ2n) is 8.32. The fourth-order valence-electron chi connectivity index (χ4n) is 4.25. The number of hydrogen-bond donors (Lipinski definition) is 1. The van der Waals surface area contributed by atoms with Crippen molar-refractivity contribution < 1.29 is 4.74 Å². The van der Waals surface area contributed by atoms with Crippen molar-refractivity contribution in [3.05, 3.63) is 0 Å². The van der Waals surface area contributed by atoms with Crippen LogP contribution in [0.1, 0.15) is 66.7 Å². The lowest BCUT2D eigenvalue weighted by Gasteiger charge is -2.39. The van der Waals surface area contributed by atoms with Gasteiger partial charge in [-0.2, -0.15) is 0 Å². The summed E-state index contributed by atoms with van der Waals surface area (Å²) in [6.45, 7) is 12.4. The van der Waals surface area contributed by atoms with Gasteiger partial charge >= 0.3 is 0 Å². The molecule has 0 aliphatic heterocycles. The first-order valence-corrected chi connectivity index (χ1v) is 8.43. The summed E-state index contributed by atoms with van der Waals surface area (Å²) in [4.78, 5) is 0.616. The Morgan fingerprint density at radius 1 is 1.35 bits per heavy atom. The van der Waals surface area contributed by atoms with Gasteiger partial charge < -0.3 is 10.5 Å². The highest BCUT2D eigenvalue weighted by molar-refractivity contribution is 7.80. The zero-order chi connectivity index (χ0) is 15.2. The van der Waals surface area contributed by atoms with Crippen LogP contribution < -0.4 is 5.73 Å². The Kier molecular flexibility index (Phi) is 4.25. The minimum atomic E-state index is -0.0451. The van der Waals surface area contributed by atoms with Gasteiger partial charge in [0.05, 0.1) is 11.1 Å². The van der Waals surface area contributed by atoms with E-state index in [1.54, 1.807) is 0 Å². The average Bonchev–Trinajstić information content (AvgIpc) is 2.67. The smallest absolute Gasteiger partial charge is 0.0784 e. The highest BCUT2D eigenvalue weighted by atomic mass is 32.1. The molecular formula is C17H31NOS. The first-order chi connectivity index (χ1) is 9.11. The number of rotatable bonds is 6. The van der Waals surface area contributed by atoms with Gasteiger partial charge in [-0.3, -0.25) is 0 Å². The van der Waals surface area contributed by atoms with Crippen LogP contribution in [-0.2, 0) is 4.74 Å². The molecule has 0 aromatic carbocycles. The Hall–Kier alpha value is -0.150. The van der Waals surface area contributed by atoms with Crippen LogP contribution in [0, 0.1) is 22.2 Å². The highest BCUT2D eigenvalue weighted by Crippen LogP contribution is 2.66. The van der Waals surface area contributed by atoms with Crippen LogP contribution in [0.2, 0.25) is 0 Å². The maximum absolute atomic E-state index is 6.27. The molecular weight excluding hydrogens is 266 g/mol. The predicted octanol–water partition coefficient (Wildman–Crippen LogP) is 4.31. The van der Waals surface area contributed by atoms with Gasteiger partial charge in [-0.25, -0.2) is 0 Å². The van der Waals surface area contributed by atoms with Gasteiger partial charge in [0.25, 0.3) is 0 Å². The third kappa shape index (κ3) is 2.52. The molecule has 0 aromatic rings. The summed E-state index contributed by atoms with van der Waals surface area (Å²) >= 11 is 5.12. The first-order valence-electron chi connectivity index (χ1n) is 8.03. The second-order valence-corrected chi connectivity index (χ2v) is 8.76. The molecule has 20 heavy (non-hydrogen) atoms.